The van der Waals surface area contributed by atoms with Gasteiger partial charge < -0.3 is 5.32 Å². The fraction of sp³-hybridized carbons (Fsp3) is 0.500. The summed E-state index contributed by atoms with van der Waals surface area (Å²) in [6.45, 7) is 1.40. The van der Waals surface area contributed by atoms with Gasteiger partial charge in [-0.2, -0.15) is 13.2 Å². The van der Waals surface area contributed by atoms with E-state index in [-0.39, 0.29) is 5.92 Å². The Hall–Kier alpha value is -1.10. The van der Waals surface area contributed by atoms with Crippen LogP contribution in [0.3, 0.4) is 0 Å². The summed E-state index contributed by atoms with van der Waals surface area (Å²) in [5.74, 6) is -0.0374. The van der Waals surface area contributed by atoms with Crippen molar-refractivity contribution in [3.63, 3.8) is 0 Å². The number of nitrogens with zero attached hydrogens (tertiary/aromatic N) is 1. The van der Waals surface area contributed by atoms with Gasteiger partial charge in [0.05, 0.1) is 5.56 Å². The topological polar surface area (TPSA) is 24.9 Å². The molecule has 1 atom stereocenters. The fourth-order valence-electron chi connectivity index (χ4n) is 1.92. The third kappa shape index (κ3) is 2.12. The molecular formula is C10H11F3N2. The summed E-state index contributed by atoms with van der Waals surface area (Å²) in [4.78, 5) is 3.54. The van der Waals surface area contributed by atoms with E-state index in [2.05, 4.69) is 10.3 Å². The molecule has 0 saturated carbocycles. The molecule has 0 bridgehead atoms. The molecule has 2 heterocycles. The lowest BCUT2D eigenvalue weighted by Crippen LogP contribution is -2.14. The molecule has 1 aromatic rings. The van der Waals surface area contributed by atoms with E-state index in [1.54, 1.807) is 0 Å². The summed E-state index contributed by atoms with van der Waals surface area (Å²) < 4.78 is 37.9. The standard InChI is InChI=1S/C10H11F3N2/c11-10(12,13)9-6-15-4-2-8(9)7-1-3-14-5-7/h2,4,6-7,14H,1,3,5H2. The van der Waals surface area contributed by atoms with Crippen molar-refractivity contribution in [3.05, 3.63) is 29.6 Å². The van der Waals surface area contributed by atoms with Crippen molar-refractivity contribution in [2.24, 2.45) is 0 Å². The van der Waals surface area contributed by atoms with Crippen molar-refractivity contribution in [2.45, 2.75) is 18.5 Å². The van der Waals surface area contributed by atoms with E-state index in [0.717, 1.165) is 19.2 Å². The van der Waals surface area contributed by atoms with Crippen LogP contribution in [0.5, 0.6) is 0 Å². The molecule has 0 aliphatic carbocycles. The van der Waals surface area contributed by atoms with Gasteiger partial charge in [0.15, 0.2) is 0 Å². The second-order valence-electron chi connectivity index (χ2n) is 3.65. The minimum absolute atomic E-state index is 0.0374. The number of hydrogen-bond donors (Lipinski definition) is 1. The molecule has 1 fully saturated rings. The summed E-state index contributed by atoms with van der Waals surface area (Å²) in [5.41, 5.74) is -0.235. The van der Waals surface area contributed by atoms with Gasteiger partial charge >= 0.3 is 6.18 Å². The van der Waals surface area contributed by atoms with Gasteiger partial charge in [-0.25, -0.2) is 0 Å². The normalized spacial score (nSPS) is 21.9. The van der Waals surface area contributed by atoms with Crippen LogP contribution in [0.2, 0.25) is 0 Å². The molecule has 1 aliphatic rings. The number of aromatic nitrogens is 1. The molecule has 1 saturated heterocycles. The van der Waals surface area contributed by atoms with E-state index in [1.165, 1.54) is 12.3 Å². The average Bonchev–Trinajstić information content (AvgIpc) is 2.69. The van der Waals surface area contributed by atoms with Crippen LogP contribution in [0.15, 0.2) is 18.5 Å². The highest BCUT2D eigenvalue weighted by Crippen LogP contribution is 2.36. The number of halogens is 3. The molecule has 5 heteroatoms. The summed E-state index contributed by atoms with van der Waals surface area (Å²) >= 11 is 0. The van der Waals surface area contributed by atoms with Gasteiger partial charge in [0.25, 0.3) is 0 Å². The van der Waals surface area contributed by atoms with Gasteiger partial charge in [-0.3, -0.25) is 4.98 Å². The first kappa shape index (κ1) is 10.4. The second kappa shape index (κ2) is 3.81. The molecule has 1 aromatic heterocycles. The Morgan fingerprint density at radius 1 is 1.40 bits per heavy atom. The van der Waals surface area contributed by atoms with Crippen molar-refractivity contribution < 1.29 is 13.2 Å². The monoisotopic (exact) mass is 216 g/mol. The first-order valence-corrected chi connectivity index (χ1v) is 4.81. The van der Waals surface area contributed by atoms with E-state index < -0.39 is 11.7 Å². The first-order chi connectivity index (χ1) is 7.09. The molecule has 1 N–H and O–H groups in total. The molecule has 2 nitrogen and oxygen atoms in total. The molecular weight excluding hydrogens is 205 g/mol. The smallest absolute Gasteiger partial charge is 0.316 e. The molecule has 1 unspecified atom stereocenters. The maximum absolute atomic E-state index is 12.6. The van der Waals surface area contributed by atoms with Gasteiger partial charge in [-0.15, -0.1) is 0 Å². The Kier molecular flexibility index (Phi) is 2.65. The van der Waals surface area contributed by atoms with Crippen LogP contribution in [-0.4, -0.2) is 18.1 Å². The van der Waals surface area contributed by atoms with Gasteiger partial charge in [0, 0.05) is 18.9 Å². The molecule has 0 aromatic carbocycles. The molecule has 0 radical (unpaired) electrons. The van der Waals surface area contributed by atoms with Crippen LogP contribution < -0.4 is 5.32 Å². The zero-order chi connectivity index (χ0) is 10.9. The molecule has 0 amide bonds. The minimum Gasteiger partial charge on any atom is -0.316 e. The number of alkyl halides is 3. The highest BCUT2D eigenvalue weighted by molar-refractivity contribution is 5.30. The maximum Gasteiger partial charge on any atom is 0.418 e. The summed E-state index contributed by atoms with van der Waals surface area (Å²) in [6.07, 6.45) is -1.21. The molecule has 1 aliphatic heterocycles. The quantitative estimate of drug-likeness (QED) is 0.778. The number of hydrogen-bond acceptors (Lipinski definition) is 2. The van der Waals surface area contributed by atoms with Crippen LogP contribution in [0, 0.1) is 0 Å². The van der Waals surface area contributed by atoms with Crippen molar-refractivity contribution in [3.8, 4) is 0 Å². The van der Waals surface area contributed by atoms with Crippen LogP contribution in [0.25, 0.3) is 0 Å². The minimum atomic E-state index is -4.30. The van der Waals surface area contributed by atoms with Crippen LogP contribution in [0.1, 0.15) is 23.5 Å². The Labute approximate surface area is 85.5 Å². The summed E-state index contributed by atoms with van der Waals surface area (Å²) in [7, 11) is 0. The highest BCUT2D eigenvalue weighted by atomic mass is 19.4. The van der Waals surface area contributed by atoms with E-state index in [0.29, 0.717) is 12.1 Å². The number of pyridine rings is 1. The lowest BCUT2D eigenvalue weighted by atomic mass is 9.95. The summed E-state index contributed by atoms with van der Waals surface area (Å²) in [5, 5.41) is 3.06. The van der Waals surface area contributed by atoms with Crippen molar-refractivity contribution in [1.29, 1.82) is 0 Å². The van der Waals surface area contributed by atoms with Crippen LogP contribution in [0.4, 0.5) is 13.2 Å². The average molecular weight is 216 g/mol. The van der Waals surface area contributed by atoms with Crippen molar-refractivity contribution >= 4 is 0 Å². The molecule has 2 rings (SSSR count). The highest BCUT2D eigenvalue weighted by Gasteiger charge is 2.35. The molecule has 82 valence electrons. The zero-order valence-electron chi connectivity index (χ0n) is 8.01. The Morgan fingerprint density at radius 2 is 2.20 bits per heavy atom. The van der Waals surface area contributed by atoms with Crippen LogP contribution in [-0.2, 0) is 6.18 Å². The summed E-state index contributed by atoms with van der Waals surface area (Å²) in [6, 6.07) is 1.47. The third-order valence-corrected chi connectivity index (χ3v) is 2.66. The van der Waals surface area contributed by atoms with Crippen LogP contribution >= 0.6 is 0 Å². The van der Waals surface area contributed by atoms with Gasteiger partial charge in [0.2, 0.25) is 0 Å². The largest absolute Gasteiger partial charge is 0.418 e. The number of rotatable bonds is 1. The number of nitrogens with one attached hydrogen (secondary N) is 1. The predicted molar refractivity (Wildman–Crippen MR) is 49.5 cm³/mol. The van der Waals surface area contributed by atoms with Gasteiger partial charge in [-0.1, -0.05) is 0 Å². The fourth-order valence-corrected chi connectivity index (χ4v) is 1.92. The van der Waals surface area contributed by atoms with Crippen molar-refractivity contribution in [1.82, 2.24) is 10.3 Å². The Balaban J connectivity index is 2.37. The zero-order valence-corrected chi connectivity index (χ0v) is 8.01. The molecule has 0 spiro atoms. The van der Waals surface area contributed by atoms with Gasteiger partial charge in [-0.05, 0) is 30.5 Å². The lowest BCUT2D eigenvalue weighted by molar-refractivity contribution is -0.138. The first-order valence-electron chi connectivity index (χ1n) is 4.81. The van der Waals surface area contributed by atoms with E-state index in [9.17, 15) is 13.2 Å². The van der Waals surface area contributed by atoms with E-state index in [1.807, 2.05) is 0 Å². The Bertz CT molecular complexity index is 343. The Morgan fingerprint density at radius 3 is 2.80 bits per heavy atom. The van der Waals surface area contributed by atoms with Crippen molar-refractivity contribution in [2.75, 3.05) is 13.1 Å². The van der Waals surface area contributed by atoms with E-state index in [4.69, 9.17) is 0 Å². The second-order valence-corrected chi connectivity index (χ2v) is 3.65. The lowest BCUT2D eigenvalue weighted by Gasteiger charge is -2.15. The maximum atomic E-state index is 12.6. The van der Waals surface area contributed by atoms with E-state index >= 15 is 0 Å². The third-order valence-electron chi connectivity index (χ3n) is 2.66. The molecule has 15 heavy (non-hydrogen) atoms. The SMILES string of the molecule is FC(F)(F)c1cnccc1C1CCNC1. The van der Waals surface area contributed by atoms with Gasteiger partial charge in [0.1, 0.15) is 0 Å². The predicted octanol–water partition coefficient (Wildman–Crippen LogP) is 2.18.